The van der Waals surface area contributed by atoms with Crippen molar-refractivity contribution in [3.63, 3.8) is 0 Å². The average Bonchev–Trinajstić information content (AvgIpc) is 2.29. The minimum Gasteiger partial charge on any atom is -0.381 e. The summed E-state index contributed by atoms with van der Waals surface area (Å²) in [4.78, 5) is 0. The second kappa shape index (κ2) is 2.79. The molecular formula is C8H12Cl2O. The second-order valence-electron chi connectivity index (χ2n) is 3.43. The van der Waals surface area contributed by atoms with E-state index in [4.69, 9.17) is 27.9 Å². The van der Waals surface area contributed by atoms with Gasteiger partial charge in [-0.15, -0.1) is 23.2 Å². The van der Waals surface area contributed by atoms with Crippen LogP contribution in [0.2, 0.25) is 0 Å². The fraction of sp³-hybridized carbons (Fsp3) is 1.00. The van der Waals surface area contributed by atoms with Crippen molar-refractivity contribution in [2.45, 2.75) is 23.6 Å². The molecule has 1 aliphatic heterocycles. The van der Waals surface area contributed by atoms with Gasteiger partial charge in [0.2, 0.25) is 0 Å². The zero-order valence-corrected chi connectivity index (χ0v) is 7.87. The predicted molar refractivity (Wildman–Crippen MR) is 46.1 cm³/mol. The molecule has 1 aliphatic carbocycles. The van der Waals surface area contributed by atoms with Crippen LogP contribution in [0.4, 0.5) is 0 Å². The van der Waals surface area contributed by atoms with Gasteiger partial charge in [0.05, 0.1) is 0 Å². The number of hydrogen-bond acceptors (Lipinski definition) is 1. The fourth-order valence-electron chi connectivity index (χ4n) is 1.97. The number of rotatable bonds is 0. The van der Waals surface area contributed by atoms with Gasteiger partial charge in [0, 0.05) is 19.1 Å². The SMILES string of the molecule is ClC1(Cl)[C@@H]2CCCOCC[C@@H]21. The van der Waals surface area contributed by atoms with Gasteiger partial charge >= 0.3 is 0 Å². The van der Waals surface area contributed by atoms with Gasteiger partial charge in [0.15, 0.2) is 0 Å². The third kappa shape index (κ3) is 1.39. The molecule has 0 radical (unpaired) electrons. The highest BCUT2D eigenvalue weighted by molar-refractivity contribution is 6.51. The molecule has 2 fully saturated rings. The smallest absolute Gasteiger partial charge is 0.124 e. The van der Waals surface area contributed by atoms with E-state index in [2.05, 4.69) is 0 Å². The van der Waals surface area contributed by atoms with Crippen LogP contribution in [-0.2, 0) is 4.74 Å². The first-order valence-electron chi connectivity index (χ1n) is 4.18. The van der Waals surface area contributed by atoms with E-state index < -0.39 is 4.33 Å². The first kappa shape index (κ1) is 8.15. The van der Waals surface area contributed by atoms with Crippen molar-refractivity contribution in [1.29, 1.82) is 0 Å². The largest absolute Gasteiger partial charge is 0.381 e. The summed E-state index contributed by atoms with van der Waals surface area (Å²) in [5.74, 6) is 1.06. The van der Waals surface area contributed by atoms with Crippen molar-refractivity contribution in [2.75, 3.05) is 13.2 Å². The molecule has 0 spiro atoms. The quantitative estimate of drug-likeness (QED) is 0.540. The Labute approximate surface area is 77.0 Å². The molecule has 0 aromatic carbocycles. The molecule has 1 heterocycles. The first-order valence-corrected chi connectivity index (χ1v) is 4.94. The summed E-state index contributed by atoms with van der Waals surface area (Å²) in [7, 11) is 0. The number of ether oxygens (including phenoxy) is 1. The fourth-order valence-corrected chi connectivity index (χ4v) is 2.88. The summed E-state index contributed by atoms with van der Waals surface area (Å²) in [5.41, 5.74) is 0. The van der Waals surface area contributed by atoms with Crippen LogP contribution in [0.25, 0.3) is 0 Å². The van der Waals surface area contributed by atoms with E-state index in [0.29, 0.717) is 11.8 Å². The third-order valence-electron chi connectivity index (χ3n) is 2.74. The van der Waals surface area contributed by atoms with Crippen LogP contribution in [0.1, 0.15) is 19.3 Å². The van der Waals surface area contributed by atoms with Crippen LogP contribution in [0.5, 0.6) is 0 Å². The minimum atomic E-state index is -0.409. The van der Waals surface area contributed by atoms with Crippen molar-refractivity contribution in [1.82, 2.24) is 0 Å². The highest BCUT2D eigenvalue weighted by Crippen LogP contribution is 2.62. The molecule has 0 bridgehead atoms. The Morgan fingerprint density at radius 3 is 2.64 bits per heavy atom. The molecule has 0 N–H and O–H groups in total. The maximum atomic E-state index is 6.07. The molecule has 1 nitrogen and oxygen atoms in total. The molecule has 0 aromatic rings. The van der Waals surface area contributed by atoms with Crippen LogP contribution >= 0.6 is 23.2 Å². The highest BCUT2D eigenvalue weighted by atomic mass is 35.5. The van der Waals surface area contributed by atoms with Gasteiger partial charge in [-0.25, -0.2) is 0 Å². The molecule has 64 valence electrons. The normalized spacial score (nSPS) is 42.0. The van der Waals surface area contributed by atoms with Crippen molar-refractivity contribution in [3.05, 3.63) is 0 Å². The summed E-state index contributed by atoms with van der Waals surface area (Å²) >= 11 is 12.1. The molecule has 2 aliphatic rings. The Balaban J connectivity index is 1.95. The van der Waals surface area contributed by atoms with Gasteiger partial charge in [-0.05, 0) is 25.2 Å². The summed E-state index contributed by atoms with van der Waals surface area (Å²) in [5, 5.41) is 0. The van der Waals surface area contributed by atoms with E-state index in [1.165, 1.54) is 0 Å². The van der Waals surface area contributed by atoms with Gasteiger partial charge in [-0.1, -0.05) is 0 Å². The van der Waals surface area contributed by atoms with E-state index in [9.17, 15) is 0 Å². The van der Waals surface area contributed by atoms with E-state index in [1.54, 1.807) is 0 Å². The van der Waals surface area contributed by atoms with Crippen molar-refractivity contribution in [2.24, 2.45) is 11.8 Å². The number of hydrogen-bond donors (Lipinski definition) is 0. The number of alkyl halides is 2. The van der Waals surface area contributed by atoms with Gasteiger partial charge in [0.25, 0.3) is 0 Å². The maximum absolute atomic E-state index is 6.07. The van der Waals surface area contributed by atoms with Crippen LogP contribution in [-0.4, -0.2) is 17.5 Å². The van der Waals surface area contributed by atoms with Gasteiger partial charge in [0.1, 0.15) is 4.33 Å². The number of fused-ring (bicyclic) bond motifs is 1. The second-order valence-corrected chi connectivity index (χ2v) is 4.88. The highest BCUT2D eigenvalue weighted by Gasteiger charge is 2.61. The molecule has 2 rings (SSSR count). The molecule has 1 saturated carbocycles. The molecule has 0 unspecified atom stereocenters. The summed E-state index contributed by atoms with van der Waals surface area (Å²) in [6, 6.07) is 0. The Hall–Kier alpha value is 0.540. The van der Waals surface area contributed by atoms with Gasteiger partial charge in [-0.3, -0.25) is 0 Å². The van der Waals surface area contributed by atoms with E-state index >= 15 is 0 Å². The van der Waals surface area contributed by atoms with Crippen LogP contribution in [0.3, 0.4) is 0 Å². The van der Waals surface area contributed by atoms with Crippen LogP contribution in [0, 0.1) is 11.8 Å². The van der Waals surface area contributed by atoms with Crippen molar-refractivity contribution in [3.8, 4) is 0 Å². The Kier molecular flexibility index (Phi) is 2.07. The first-order chi connectivity index (χ1) is 5.23. The van der Waals surface area contributed by atoms with Crippen LogP contribution in [0.15, 0.2) is 0 Å². The predicted octanol–water partition coefficient (Wildman–Crippen LogP) is 2.61. The standard InChI is InChI=1S/C8H12Cl2O/c9-8(10)6-2-1-4-11-5-3-7(6)8/h6-7H,1-5H2/t6-,7+/m1/s1. The zero-order valence-electron chi connectivity index (χ0n) is 6.35. The lowest BCUT2D eigenvalue weighted by Crippen LogP contribution is -2.02. The monoisotopic (exact) mass is 194 g/mol. The van der Waals surface area contributed by atoms with Gasteiger partial charge < -0.3 is 4.74 Å². The summed E-state index contributed by atoms with van der Waals surface area (Å²) in [6.07, 6.45) is 3.29. The molecule has 0 amide bonds. The Morgan fingerprint density at radius 1 is 1.09 bits per heavy atom. The zero-order chi connectivity index (χ0) is 7.90. The molecule has 2 atom stereocenters. The number of halogens is 2. The Morgan fingerprint density at radius 2 is 1.82 bits per heavy atom. The molecule has 1 saturated heterocycles. The van der Waals surface area contributed by atoms with E-state index in [0.717, 1.165) is 32.5 Å². The van der Waals surface area contributed by atoms with Crippen molar-refractivity contribution >= 4 is 23.2 Å². The molecule has 0 aromatic heterocycles. The lowest BCUT2D eigenvalue weighted by Gasteiger charge is -2.06. The van der Waals surface area contributed by atoms with Crippen molar-refractivity contribution < 1.29 is 4.74 Å². The summed E-state index contributed by atoms with van der Waals surface area (Å²) < 4.78 is 4.94. The van der Waals surface area contributed by atoms with Gasteiger partial charge in [-0.2, -0.15) is 0 Å². The molecular weight excluding hydrogens is 183 g/mol. The van der Waals surface area contributed by atoms with E-state index in [1.807, 2.05) is 0 Å². The Bertz CT molecular complexity index is 142. The molecule has 11 heavy (non-hydrogen) atoms. The average molecular weight is 195 g/mol. The lowest BCUT2D eigenvalue weighted by molar-refractivity contribution is 0.114. The molecule has 3 heteroatoms. The van der Waals surface area contributed by atoms with Crippen LogP contribution < -0.4 is 0 Å². The summed E-state index contributed by atoms with van der Waals surface area (Å²) in [6.45, 7) is 1.72. The minimum absolute atomic E-state index is 0.409. The lowest BCUT2D eigenvalue weighted by atomic mass is 10.1. The maximum Gasteiger partial charge on any atom is 0.124 e. The third-order valence-corrected chi connectivity index (χ3v) is 3.86. The van der Waals surface area contributed by atoms with E-state index in [-0.39, 0.29) is 0 Å². The topological polar surface area (TPSA) is 9.23 Å².